The maximum atomic E-state index is 10.8. The highest BCUT2D eigenvalue weighted by Crippen LogP contribution is 2.04. The number of carbonyl (C=O) groups excluding carboxylic acids is 1. The second-order valence-electron chi connectivity index (χ2n) is 3.14. The lowest BCUT2D eigenvalue weighted by atomic mass is 10.2. The molecule has 0 radical (unpaired) electrons. The molecule has 0 spiro atoms. The lowest BCUT2D eigenvalue weighted by molar-refractivity contribution is -0.139. The Balaban J connectivity index is 2.76. The molecule has 15 heavy (non-hydrogen) atoms. The van der Waals surface area contributed by atoms with Crippen LogP contribution in [0.3, 0.4) is 0 Å². The molecule has 0 saturated heterocycles. The zero-order valence-electron chi connectivity index (χ0n) is 9.13. The molecule has 3 heteroatoms. The van der Waals surface area contributed by atoms with Crippen LogP contribution in [0, 0.1) is 25.7 Å². The molecule has 78 valence electrons. The molecule has 1 aromatic rings. The number of hydrogen-bond donors (Lipinski definition) is 0. The van der Waals surface area contributed by atoms with Crippen molar-refractivity contribution in [2.45, 2.75) is 20.3 Å². The Morgan fingerprint density at radius 3 is 2.80 bits per heavy atom. The topological polar surface area (TPSA) is 39.2 Å². The van der Waals surface area contributed by atoms with Gasteiger partial charge in [0.2, 0.25) is 0 Å². The number of carbonyl (C=O) groups is 1. The molecule has 0 fully saturated rings. The fraction of sp³-hybridized carbons (Fsp3) is 0.333. The highest BCUT2D eigenvalue weighted by atomic mass is 16.5. The van der Waals surface area contributed by atoms with Crippen LogP contribution in [0.1, 0.15) is 23.4 Å². The number of hydrogen-bond acceptors (Lipinski definition) is 3. The zero-order chi connectivity index (χ0) is 11.3. The lowest BCUT2D eigenvalue weighted by Gasteiger charge is -1.97. The second kappa shape index (κ2) is 5.16. The van der Waals surface area contributed by atoms with Crippen molar-refractivity contribution in [3.05, 3.63) is 29.1 Å². The Labute approximate surface area is 89.5 Å². The molecule has 0 N–H and O–H groups in total. The normalized spacial score (nSPS) is 9.00. The first-order valence-corrected chi connectivity index (χ1v) is 4.63. The molecule has 1 heterocycles. The van der Waals surface area contributed by atoms with E-state index in [0.29, 0.717) is 0 Å². The van der Waals surface area contributed by atoms with E-state index >= 15 is 0 Å². The Kier molecular flexibility index (Phi) is 3.87. The van der Waals surface area contributed by atoms with Crippen molar-refractivity contribution < 1.29 is 9.53 Å². The number of ether oxygens (including phenoxy) is 1. The maximum absolute atomic E-state index is 10.8. The van der Waals surface area contributed by atoms with Crippen molar-refractivity contribution in [3.8, 4) is 11.8 Å². The van der Waals surface area contributed by atoms with Crippen molar-refractivity contribution in [3.63, 3.8) is 0 Å². The number of methoxy groups -OCH3 is 1. The van der Waals surface area contributed by atoms with Gasteiger partial charge < -0.3 is 4.74 Å². The first-order chi connectivity index (χ1) is 7.13. The van der Waals surface area contributed by atoms with Gasteiger partial charge >= 0.3 is 5.97 Å². The maximum Gasteiger partial charge on any atom is 0.317 e. The third-order valence-electron chi connectivity index (χ3n) is 1.91. The van der Waals surface area contributed by atoms with E-state index in [4.69, 9.17) is 0 Å². The third-order valence-corrected chi connectivity index (χ3v) is 1.91. The molecular weight excluding hydrogens is 190 g/mol. The Morgan fingerprint density at radius 2 is 2.20 bits per heavy atom. The van der Waals surface area contributed by atoms with Gasteiger partial charge in [-0.05, 0) is 26.0 Å². The molecule has 0 amide bonds. The summed E-state index contributed by atoms with van der Waals surface area (Å²) in [6.45, 7) is 3.83. The van der Waals surface area contributed by atoms with Crippen LogP contribution in [-0.4, -0.2) is 18.1 Å². The lowest BCUT2D eigenvalue weighted by Crippen LogP contribution is -1.97. The van der Waals surface area contributed by atoms with Gasteiger partial charge in [-0.2, -0.15) is 0 Å². The molecule has 3 nitrogen and oxygen atoms in total. The van der Waals surface area contributed by atoms with Gasteiger partial charge in [-0.15, -0.1) is 0 Å². The fourth-order valence-electron chi connectivity index (χ4n) is 1.10. The minimum Gasteiger partial charge on any atom is -0.468 e. The molecule has 0 bridgehead atoms. The monoisotopic (exact) mass is 203 g/mol. The average Bonchev–Trinajstić information content (AvgIpc) is 2.21. The predicted molar refractivity (Wildman–Crippen MR) is 57.2 cm³/mol. The Hall–Kier alpha value is -1.82. The minimum absolute atomic E-state index is 0.115. The highest BCUT2D eigenvalue weighted by molar-refractivity contribution is 5.72. The SMILES string of the molecule is COC(=O)CC#Cc1ccc(C)nc1C. The first kappa shape index (κ1) is 11.3. The van der Waals surface area contributed by atoms with Gasteiger partial charge in [0, 0.05) is 11.3 Å². The van der Waals surface area contributed by atoms with E-state index in [2.05, 4.69) is 21.6 Å². The van der Waals surface area contributed by atoms with Crippen molar-refractivity contribution >= 4 is 5.97 Å². The van der Waals surface area contributed by atoms with Gasteiger partial charge in [0.15, 0.2) is 0 Å². The number of rotatable bonds is 1. The molecule has 1 rings (SSSR count). The summed E-state index contributed by atoms with van der Waals surface area (Å²) in [5.74, 6) is 5.32. The van der Waals surface area contributed by atoms with E-state index in [9.17, 15) is 4.79 Å². The molecule has 0 aliphatic rings. The third kappa shape index (κ3) is 3.43. The van der Waals surface area contributed by atoms with Crippen molar-refractivity contribution in [2.75, 3.05) is 7.11 Å². The van der Waals surface area contributed by atoms with E-state index < -0.39 is 0 Å². The molecular formula is C12H13NO2. The molecule has 0 aliphatic heterocycles. The van der Waals surface area contributed by atoms with E-state index in [-0.39, 0.29) is 12.4 Å². The van der Waals surface area contributed by atoms with Gasteiger partial charge in [-0.25, -0.2) is 0 Å². The van der Waals surface area contributed by atoms with Crippen molar-refractivity contribution in [2.24, 2.45) is 0 Å². The summed E-state index contributed by atoms with van der Waals surface area (Å²) in [5.41, 5.74) is 2.70. The van der Waals surface area contributed by atoms with Crippen LogP contribution in [-0.2, 0) is 9.53 Å². The Bertz CT molecular complexity index is 427. The van der Waals surface area contributed by atoms with Crippen LogP contribution < -0.4 is 0 Å². The average molecular weight is 203 g/mol. The summed E-state index contributed by atoms with van der Waals surface area (Å²) in [5, 5.41) is 0. The summed E-state index contributed by atoms with van der Waals surface area (Å²) >= 11 is 0. The van der Waals surface area contributed by atoms with Crippen molar-refractivity contribution in [1.29, 1.82) is 0 Å². The number of aryl methyl sites for hydroxylation is 2. The first-order valence-electron chi connectivity index (χ1n) is 4.63. The summed E-state index contributed by atoms with van der Waals surface area (Å²) in [7, 11) is 1.35. The summed E-state index contributed by atoms with van der Waals surface area (Å²) in [6.07, 6.45) is 0.115. The molecule has 0 aromatic carbocycles. The van der Waals surface area contributed by atoms with Gasteiger partial charge in [0.25, 0.3) is 0 Å². The summed E-state index contributed by atoms with van der Waals surface area (Å²) in [6, 6.07) is 3.80. The molecule has 0 unspecified atom stereocenters. The zero-order valence-corrected chi connectivity index (χ0v) is 9.13. The number of pyridine rings is 1. The minimum atomic E-state index is -0.319. The van der Waals surface area contributed by atoms with Crippen molar-refractivity contribution in [1.82, 2.24) is 4.98 Å². The van der Waals surface area contributed by atoms with Crippen LogP contribution in [0.15, 0.2) is 12.1 Å². The van der Waals surface area contributed by atoms with Gasteiger partial charge in [-0.1, -0.05) is 11.8 Å². The Morgan fingerprint density at radius 1 is 1.47 bits per heavy atom. The van der Waals surface area contributed by atoms with Crippen LogP contribution in [0.5, 0.6) is 0 Å². The van der Waals surface area contributed by atoms with Gasteiger partial charge in [0.1, 0.15) is 6.42 Å². The van der Waals surface area contributed by atoms with Gasteiger partial charge in [0.05, 0.1) is 12.8 Å². The number of nitrogens with zero attached hydrogens (tertiary/aromatic N) is 1. The standard InChI is InChI=1S/C12H13NO2/c1-9-7-8-11(10(2)13-9)5-4-6-12(14)15-3/h7-8H,6H2,1-3H3. The molecule has 0 aliphatic carbocycles. The highest BCUT2D eigenvalue weighted by Gasteiger charge is 1.97. The number of esters is 1. The smallest absolute Gasteiger partial charge is 0.317 e. The molecule has 0 saturated carbocycles. The van der Waals surface area contributed by atoms with E-state index in [1.165, 1.54) is 7.11 Å². The van der Waals surface area contributed by atoms with Crippen LogP contribution in [0.4, 0.5) is 0 Å². The quantitative estimate of drug-likeness (QED) is 0.514. The fourth-order valence-corrected chi connectivity index (χ4v) is 1.10. The largest absolute Gasteiger partial charge is 0.468 e. The van der Waals surface area contributed by atoms with Crippen LogP contribution in [0.2, 0.25) is 0 Å². The predicted octanol–water partition coefficient (Wildman–Crippen LogP) is 1.61. The van der Waals surface area contributed by atoms with E-state index in [1.807, 2.05) is 26.0 Å². The van der Waals surface area contributed by atoms with E-state index in [1.54, 1.807) is 0 Å². The summed E-state index contributed by atoms with van der Waals surface area (Å²) < 4.78 is 4.48. The molecule has 1 aromatic heterocycles. The summed E-state index contributed by atoms with van der Waals surface area (Å²) in [4.78, 5) is 15.1. The van der Waals surface area contributed by atoms with Crippen LogP contribution in [0.25, 0.3) is 0 Å². The second-order valence-corrected chi connectivity index (χ2v) is 3.14. The van der Waals surface area contributed by atoms with Gasteiger partial charge in [-0.3, -0.25) is 9.78 Å². The van der Waals surface area contributed by atoms with E-state index in [0.717, 1.165) is 17.0 Å². The van der Waals surface area contributed by atoms with Crippen LogP contribution >= 0.6 is 0 Å². The number of aromatic nitrogens is 1. The molecule has 0 atom stereocenters.